The number of carbonyl (C=O) groups excluding carboxylic acids is 6. The van der Waals surface area contributed by atoms with E-state index in [1.165, 1.54) is 12.7 Å². The lowest BCUT2D eigenvalue weighted by Crippen LogP contribution is -2.69. The Labute approximate surface area is 857 Å². The third-order valence-electron chi connectivity index (χ3n) is 36.4. The van der Waals surface area contributed by atoms with Crippen molar-refractivity contribution >= 4 is 60.2 Å². The Morgan fingerprint density at radius 1 is 0.476 bits per heavy atom. The van der Waals surface area contributed by atoms with Crippen molar-refractivity contribution in [2.24, 2.45) is 29.6 Å². The van der Waals surface area contributed by atoms with E-state index in [9.17, 15) is 24.0 Å². The van der Waals surface area contributed by atoms with Gasteiger partial charge in [-0.25, -0.2) is 9.59 Å². The van der Waals surface area contributed by atoms with Gasteiger partial charge in [0.05, 0.1) is 115 Å². The number of ether oxygens (including phenoxy) is 17. The third kappa shape index (κ3) is 26.6. The van der Waals surface area contributed by atoms with Gasteiger partial charge in [-0.05, 0) is 241 Å². The average Bonchev–Trinajstić information content (AvgIpc) is 1.55. The van der Waals surface area contributed by atoms with Crippen LogP contribution in [0.5, 0.6) is 0 Å². The van der Waals surface area contributed by atoms with Gasteiger partial charge < -0.3 is 93.8 Å². The van der Waals surface area contributed by atoms with E-state index < -0.39 is 97.7 Å². The summed E-state index contributed by atoms with van der Waals surface area (Å²) >= 11 is 0. The van der Waals surface area contributed by atoms with E-state index in [1.807, 2.05) is 31.2 Å². The summed E-state index contributed by atoms with van der Waals surface area (Å²) < 4.78 is 136. The third-order valence-corrected chi connectivity index (χ3v) is 49.9. The predicted octanol–water partition coefficient (Wildman–Crippen LogP) is 21.2. The van der Waals surface area contributed by atoms with Crippen molar-refractivity contribution in [2.45, 2.75) is 529 Å². The van der Waals surface area contributed by atoms with Gasteiger partial charge in [-0.1, -0.05) is 159 Å². The summed E-state index contributed by atoms with van der Waals surface area (Å²) in [6.07, 6.45) is 12.7. The summed E-state index contributed by atoms with van der Waals surface area (Å²) in [5.41, 5.74) is 6.84. The fourth-order valence-corrected chi connectivity index (χ4v) is 28.3. The number of esters is 3. The van der Waals surface area contributed by atoms with Gasteiger partial charge in [0, 0.05) is 77.7 Å². The number of benzene rings is 1. The molecule has 0 saturated carbocycles. The topological polar surface area (TPSA) is 287 Å². The lowest BCUT2D eigenvalue weighted by atomic mass is 9.79. The molecule has 0 radical (unpaired) electrons. The van der Waals surface area contributed by atoms with Crippen LogP contribution in [0.15, 0.2) is 89.1 Å². The van der Waals surface area contributed by atoms with Crippen LogP contribution in [0.3, 0.4) is 0 Å². The number of rotatable bonds is 21. The molecule has 19 rings (SSSR count). The van der Waals surface area contributed by atoms with Crippen LogP contribution in [-0.2, 0) is 118 Å². The maximum Gasteiger partial charge on any atom is 0.338 e. The standard InChI is InChI=1S/C69H112O14Si3.C45H66O12/c1-21-49(78-66(73)46-26-24-23-25-27-46)40-58-45(5)53-39-48(71)38-52-32-35-56-62(77-52)64(82-85(17,18)68(9,10)11)65(83-86(19,20)69(12,13)14)63(80-56)57(81-84(15,16)67(6,7)8)33-29-47(70)28-30-50-37-44(4)55(75-50)34-31-51-36-43(3)54(42-74-61(72)22-2)60(76-51)41-59(53)79-58;1-7-23(2)14-35-26(5)31-18-27(46)17-29-9-11-34-40(52-29)44-43-42(54-34)41-38(55-43)20-45(56-41,57-44)13-12-30-16-25(4)33(50-30)10-8-28-15-24(3)32(21-49-39(47)22-48-6)37(51-28)19-36(31)53-35/h23-27,29,33,45,49-53,55-60,62-65H,4,21-22,28,30-32,34-42H2,1-3,5-20H3;23,26,28-31,33-38,40-44H,4,7-22H2,1-3,5-6H3/b33-29+;/t45-,49-,50?,51?,52?,53?,55+,56+,57+,58-,59+,60?,62+,63+,64+,65-;23-,26-,28+,29?,30+,31-,33?,34+,35-,36+,37?,38-,40+,41+,42+,43-,44+,45+/m11/s1. The molecule has 1 spiro atoms. The van der Waals surface area contributed by atoms with Gasteiger partial charge >= 0.3 is 17.9 Å². The van der Waals surface area contributed by atoms with Crippen molar-refractivity contribution in [3.05, 3.63) is 94.6 Å². The number of hydrogen-bond donors (Lipinski definition) is 0. The molecule has 29 heteroatoms. The second-order valence-corrected chi connectivity index (χ2v) is 64.1. The maximum absolute atomic E-state index is 15.2. The SMILES string of the molecule is C=C1CC2CCC(=O)/C=C/[C@H](O[Si](C)(C)C(C)(C)C)[C@@H]3O[C@H]4CCC(CC(=O)CC5[C@H](CC6OC(CC[C@@H]1O2)CC(C)=C6COC(=O)CC)O[C@H](C[C@@H](CC)OC(=O)c1ccccc1)[C@@H]5C)O[C@@H]4[C@H](O[Si](C)(C)C(C)(C)C)[C@@H]3O[Si](C)(C)C(C)(C)C.C=C1C[C@@H]2CC[C@@]34C[C@H]5O[C@H]6[C@@H](O3)[C@H]3OC(CC[C@@H]3O[C@H]6[C@H]5O4)CC(=O)C[C@@H]3[C@@H](C)[C@@H](C[C@H](C)CC)O[C@H]3CC3O[C@@H](CCC1O2)CC(C)=C3COC(=O)COC. The molecule has 0 amide bonds. The molecule has 143 heavy (non-hydrogen) atoms. The predicted molar refractivity (Wildman–Crippen MR) is 552 cm³/mol. The number of Topliss-reactive ketones (excluding diaryl/α,β-unsaturated/α-hetero) is 2. The summed E-state index contributed by atoms with van der Waals surface area (Å²) in [7, 11) is -6.27. The molecule has 13 fully saturated rings. The zero-order chi connectivity index (χ0) is 103. The molecule has 13 saturated heterocycles. The van der Waals surface area contributed by atoms with Crippen molar-refractivity contribution < 1.29 is 123 Å². The molecule has 0 aromatic heterocycles. The van der Waals surface area contributed by atoms with Gasteiger partial charge in [-0.2, -0.15) is 0 Å². The lowest BCUT2D eigenvalue weighted by Gasteiger charge is -2.56. The minimum Gasteiger partial charge on any atom is -0.461 e. The Kier molecular flexibility index (Phi) is 36.8. The normalized spacial score (nSPS) is 38.9. The molecule has 1 aromatic rings. The summed E-state index contributed by atoms with van der Waals surface area (Å²) in [6.45, 7) is 59.8. The molecule has 18 aliphatic heterocycles. The average molecular weight is 2050 g/mol. The monoisotopic (exact) mass is 2050 g/mol. The lowest BCUT2D eigenvalue weighted by molar-refractivity contribution is -0.292. The Hall–Kier alpha value is -4.69. The molecular formula is C114H178O26Si3. The van der Waals surface area contributed by atoms with Crippen molar-refractivity contribution in [3.63, 3.8) is 0 Å². The molecule has 20 bridgehead atoms. The molecule has 1 aromatic carbocycles. The number of methoxy groups -OCH3 is 1. The van der Waals surface area contributed by atoms with Gasteiger partial charge in [-0.15, -0.1) is 0 Å². The fraction of sp³-hybridized carbons (Fsp3) is 0.807. The highest BCUT2D eigenvalue weighted by Crippen LogP contribution is 2.57. The molecule has 8 unspecified atom stereocenters. The van der Waals surface area contributed by atoms with Crippen molar-refractivity contribution in [2.75, 3.05) is 26.9 Å². The Balaban J connectivity index is 0.000000233. The molecule has 0 aliphatic carbocycles. The first-order chi connectivity index (χ1) is 67.5. The Morgan fingerprint density at radius 2 is 0.937 bits per heavy atom. The van der Waals surface area contributed by atoms with E-state index in [4.69, 9.17) is 93.8 Å². The molecular weight excluding hydrogens is 1870 g/mol. The van der Waals surface area contributed by atoms with E-state index in [1.54, 1.807) is 25.1 Å². The molecule has 802 valence electrons. The fourth-order valence-electron chi connectivity index (χ4n) is 24.5. The zero-order valence-corrected chi connectivity index (χ0v) is 94.0. The zero-order valence-electron chi connectivity index (χ0n) is 91.0. The van der Waals surface area contributed by atoms with Crippen LogP contribution in [0.1, 0.15) is 308 Å². The smallest absolute Gasteiger partial charge is 0.338 e. The Bertz CT molecular complexity index is 4660. The maximum atomic E-state index is 15.2. The number of ketones is 3. The van der Waals surface area contributed by atoms with Gasteiger partial charge in [0.2, 0.25) is 0 Å². The number of carbonyl (C=O) groups is 6. The van der Waals surface area contributed by atoms with E-state index >= 15 is 4.79 Å². The highest BCUT2D eigenvalue weighted by atomic mass is 28.4. The first kappa shape index (κ1) is 112. The van der Waals surface area contributed by atoms with E-state index in [0.717, 1.165) is 85.7 Å². The van der Waals surface area contributed by atoms with Crippen LogP contribution < -0.4 is 0 Å². The van der Waals surface area contributed by atoms with E-state index in [0.29, 0.717) is 114 Å². The summed E-state index contributed by atoms with van der Waals surface area (Å²) in [6, 6.07) is 9.06. The van der Waals surface area contributed by atoms with Gasteiger partial charge in [0.25, 0.3) is 0 Å². The first-order valence-corrected chi connectivity index (χ1v) is 63.8. The second kappa shape index (κ2) is 46.9. The van der Waals surface area contributed by atoms with Crippen molar-refractivity contribution in [3.8, 4) is 0 Å². The van der Waals surface area contributed by atoms with Crippen LogP contribution in [0, 0.1) is 29.6 Å². The number of hydrogen-bond acceptors (Lipinski definition) is 26. The largest absolute Gasteiger partial charge is 0.461 e. The summed E-state index contributed by atoms with van der Waals surface area (Å²) in [5.74, 6) is -1.18. The highest BCUT2D eigenvalue weighted by molar-refractivity contribution is 6.75. The van der Waals surface area contributed by atoms with Gasteiger partial charge in [0.15, 0.2) is 36.5 Å². The molecule has 26 nitrogen and oxygen atoms in total. The number of fused-ring (bicyclic) bond motifs is 8. The van der Waals surface area contributed by atoms with Crippen molar-refractivity contribution in [1.29, 1.82) is 0 Å². The molecule has 18 aliphatic rings. The highest BCUT2D eigenvalue weighted by Gasteiger charge is 2.70. The molecule has 18 heterocycles. The molecule has 0 N–H and O–H groups in total. The number of allylic oxidation sites excluding steroid dienone is 1. The first-order valence-electron chi connectivity index (χ1n) is 55.1. The van der Waals surface area contributed by atoms with Gasteiger partial charge in [-0.3, -0.25) is 19.2 Å². The summed E-state index contributed by atoms with van der Waals surface area (Å²) in [5, 5.41) is -0.519. The van der Waals surface area contributed by atoms with Crippen LogP contribution in [0.2, 0.25) is 54.4 Å². The van der Waals surface area contributed by atoms with Crippen LogP contribution >= 0.6 is 0 Å². The summed E-state index contributed by atoms with van der Waals surface area (Å²) in [4.78, 5) is 82.4. The minimum atomic E-state index is -2.62. The minimum absolute atomic E-state index is 0.0127. The second-order valence-electron chi connectivity index (χ2n) is 49.8. The molecule has 34 atom stereocenters. The van der Waals surface area contributed by atoms with E-state index in [-0.39, 0.29) is 217 Å². The van der Waals surface area contributed by atoms with Crippen LogP contribution in [0.25, 0.3) is 0 Å². The quantitative estimate of drug-likeness (QED) is 0.0478. The van der Waals surface area contributed by atoms with Gasteiger partial charge in [0.1, 0.15) is 92.4 Å². The van der Waals surface area contributed by atoms with Crippen LogP contribution in [-0.4, -0.2) is 264 Å². The Morgan fingerprint density at radius 3 is 1.47 bits per heavy atom. The van der Waals surface area contributed by atoms with Crippen LogP contribution in [0.4, 0.5) is 0 Å². The van der Waals surface area contributed by atoms with E-state index in [2.05, 4.69) is 156 Å². The van der Waals surface area contributed by atoms with Crippen molar-refractivity contribution in [1.82, 2.24) is 0 Å².